The van der Waals surface area contributed by atoms with Crippen LogP contribution in [0.5, 0.6) is 0 Å². The second kappa shape index (κ2) is 10.8. The second-order valence-corrected chi connectivity index (χ2v) is 9.73. The van der Waals surface area contributed by atoms with Gasteiger partial charge >= 0.3 is 0 Å². The SMILES string of the molecule is CC(C)CCNC(=O)C(c1c[nH]c2ccccc12)N(C(=O)c1snc(C(N)=O)c1N)c1cccc(F)c1. The molecule has 3 amide bonds. The van der Waals surface area contributed by atoms with Crippen molar-refractivity contribution < 1.29 is 18.8 Å². The number of aromatic nitrogens is 2. The molecule has 1 atom stereocenters. The number of para-hydroxylation sites is 1. The number of anilines is 2. The van der Waals surface area contributed by atoms with E-state index in [0.717, 1.165) is 23.4 Å². The number of nitrogens with one attached hydrogen (secondary N) is 2. The number of hydrogen-bond acceptors (Lipinski definition) is 6. The molecule has 0 spiro atoms. The zero-order valence-corrected chi connectivity index (χ0v) is 21.1. The largest absolute Gasteiger partial charge is 0.395 e. The molecule has 2 heterocycles. The average molecular weight is 523 g/mol. The Morgan fingerprint density at radius 1 is 1.16 bits per heavy atom. The summed E-state index contributed by atoms with van der Waals surface area (Å²) < 4.78 is 18.3. The average Bonchev–Trinajstić information content (AvgIpc) is 3.45. The molecule has 0 aliphatic heterocycles. The molecule has 0 aliphatic carbocycles. The van der Waals surface area contributed by atoms with Gasteiger partial charge in [-0.25, -0.2) is 4.39 Å². The van der Waals surface area contributed by atoms with Crippen molar-refractivity contribution in [1.29, 1.82) is 0 Å². The van der Waals surface area contributed by atoms with Crippen LogP contribution >= 0.6 is 11.5 Å². The van der Waals surface area contributed by atoms with E-state index in [1.165, 1.54) is 23.1 Å². The minimum absolute atomic E-state index is 0.0853. The van der Waals surface area contributed by atoms with Gasteiger partial charge in [-0.1, -0.05) is 38.1 Å². The Balaban J connectivity index is 1.90. The lowest BCUT2D eigenvalue weighted by molar-refractivity contribution is -0.122. The van der Waals surface area contributed by atoms with Gasteiger partial charge in [-0.15, -0.1) is 0 Å². The van der Waals surface area contributed by atoms with Crippen LogP contribution in [-0.2, 0) is 4.79 Å². The smallest absolute Gasteiger partial charge is 0.273 e. The predicted octanol–water partition coefficient (Wildman–Crippen LogP) is 4.00. The lowest BCUT2D eigenvalue weighted by atomic mass is 10.0. The molecule has 37 heavy (non-hydrogen) atoms. The summed E-state index contributed by atoms with van der Waals surface area (Å²) in [5.74, 6) is -2.31. The molecule has 6 N–H and O–H groups in total. The van der Waals surface area contributed by atoms with Crippen LogP contribution < -0.4 is 21.7 Å². The quantitative estimate of drug-likeness (QED) is 0.262. The molecule has 192 valence electrons. The first-order valence-corrected chi connectivity index (χ1v) is 12.4. The molecule has 0 radical (unpaired) electrons. The van der Waals surface area contributed by atoms with Gasteiger partial charge in [-0.3, -0.25) is 19.3 Å². The van der Waals surface area contributed by atoms with Crippen molar-refractivity contribution in [3.63, 3.8) is 0 Å². The van der Waals surface area contributed by atoms with Crippen molar-refractivity contribution in [1.82, 2.24) is 14.7 Å². The van der Waals surface area contributed by atoms with Crippen LogP contribution in [0.15, 0.2) is 54.7 Å². The third kappa shape index (κ3) is 5.31. The van der Waals surface area contributed by atoms with E-state index in [-0.39, 0.29) is 21.9 Å². The minimum Gasteiger partial charge on any atom is -0.395 e. The van der Waals surface area contributed by atoms with Crippen LogP contribution in [0.25, 0.3) is 10.9 Å². The van der Waals surface area contributed by atoms with Gasteiger partial charge < -0.3 is 21.8 Å². The van der Waals surface area contributed by atoms with E-state index in [2.05, 4.69) is 14.7 Å². The highest BCUT2D eigenvalue weighted by molar-refractivity contribution is 7.09. The molecule has 0 fully saturated rings. The Hall–Kier alpha value is -4.25. The van der Waals surface area contributed by atoms with Crippen LogP contribution in [0.2, 0.25) is 0 Å². The van der Waals surface area contributed by atoms with Crippen LogP contribution in [0.3, 0.4) is 0 Å². The molecule has 2 aromatic heterocycles. The van der Waals surface area contributed by atoms with Gasteiger partial charge in [-0.05, 0) is 48.1 Å². The lowest BCUT2D eigenvalue weighted by Gasteiger charge is -2.31. The van der Waals surface area contributed by atoms with E-state index < -0.39 is 29.6 Å². The minimum atomic E-state index is -1.20. The van der Waals surface area contributed by atoms with Crippen LogP contribution in [0, 0.1) is 11.7 Å². The summed E-state index contributed by atoms with van der Waals surface area (Å²) in [6.07, 6.45) is 2.38. The molecule has 0 saturated carbocycles. The molecule has 9 nitrogen and oxygen atoms in total. The molecule has 1 unspecified atom stereocenters. The number of amides is 3. The number of carbonyl (C=O) groups is 3. The number of benzene rings is 2. The van der Waals surface area contributed by atoms with E-state index in [9.17, 15) is 18.8 Å². The molecule has 11 heteroatoms. The number of nitrogens with two attached hydrogens (primary N) is 2. The summed E-state index contributed by atoms with van der Waals surface area (Å²) >= 11 is 0.691. The zero-order valence-electron chi connectivity index (χ0n) is 20.3. The highest BCUT2D eigenvalue weighted by atomic mass is 32.1. The molecule has 2 aromatic carbocycles. The van der Waals surface area contributed by atoms with E-state index in [0.29, 0.717) is 29.6 Å². The number of halogens is 1. The molecule has 4 rings (SSSR count). The van der Waals surface area contributed by atoms with E-state index in [1.807, 2.05) is 38.1 Å². The normalized spacial score (nSPS) is 12.0. The number of nitrogens with zero attached hydrogens (tertiary/aromatic N) is 2. The number of carbonyl (C=O) groups excluding carboxylic acids is 3. The summed E-state index contributed by atoms with van der Waals surface area (Å²) in [7, 11) is 0. The van der Waals surface area contributed by atoms with Gasteiger partial charge in [0.1, 0.15) is 16.7 Å². The van der Waals surface area contributed by atoms with Gasteiger partial charge in [0, 0.05) is 34.9 Å². The van der Waals surface area contributed by atoms with E-state index in [1.54, 1.807) is 6.20 Å². The maximum absolute atomic E-state index is 14.4. The molecule has 0 bridgehead atoms. The van der Waals surface area contributed by atoms with E-state index >= 15 is 0 Å². The fourth-order valence-corrected chi connectivity index (χ4v) is 4.79. The zero-order chi connectivity index (χ0) is 26.7. The number of H-pyrrole nitrogens is 1. The maximum atomic E-state index is 14.4. The first-order chi connectivity index (χ1) is 17.7. The van der Waals surface area contributed by atoms with Crippen molar-refractivity contribution >= 4 is 51.5 Å². The first kappa shape index (κ1) is 25.8. The molecular weight excluding hydrogens is 495 g/mol. The number of hydrogen-bond donors (Lipinski definition) is 4. The van der Waals surface area contributed by atoms with Crippen LogP contribution in [-0.4, -0.2) is 33.6 Å². The van der Waals surface area contributed by atoms with Gasteiger partial charge in [0.15, 0.2) is 5.69 Å². The van der Waals surface area contributed by atoms with Gasteiger partial charge in [-0.2, -0.15) is 4.37 Å². The number of aromatic amines is 1. The lowest BCUT2D eigenvalue weighted by Crippen LogP contribution is -2.44. The fourth-order valence-electron chi connectivity index (χ4n) is 4.05. The summed E-state index contributed by atoms with van der Waals surface area (Å²) in [6, 6.07) is 11.5. The van der Waals surface area contributed by atoms with Crippen LogP contribution in [0.4, 0.5) is 15.8 Å². The Kier molecular flexibility index (Phi) is 7.53. The Labute approximate surface area is 216 Å². The van der Waals surface area contributed by atoms with Crippen LogP contribution in [0.1, 0.15) is 52.0 Å². The first-order valence-electron chi connectivity index (χ1n) is 11.7. The molecular formula is C26H27FN6O3S. The topological polar surface area (TPSA) is 147 Å². The third-order valence-electron chi connectivity index (χ3n) is 5.90. The van der Waals surface area contributed by atoms with Crippen molar-refractivity contribution in [2.75, 3.05) is 17.2 Å². The number of fused-ring (bicyclic) bond motifs is 1. The highest BCUT2D eigenvalue weighted by Crippen LogP contribution is 2.36. The monoisotopic (exact) mass is 522 g/mol. The Morgan fingerprint density at radius 2 is 1.92 bits per heavy atom. The fraction of sp³-hybridized carbons (Fsp3) is 0.231. The standard InChI is InChI=1S/C26H27FN6O3S/c1-14(2)10-11-30-25(35)22(18-13-31-19-9-4-3-8-17(18)19)33(16-7-5-6-15(27)12-16)26(36)23-20(28)21(24(29)34)32-37-23/h3-9,12-14,22,31H,10-11,28H2,1-2H3,(H2,29,34)(H,30,35). The molecule has 0 aliphatic rings. The van der Waals surface area contributed by atoms with Crippen molar-refractivity contribution in [3.05, 3.63) is 76.7 Å². The number of primary amides is 1. The summed E-state index contributed by atoms with van der Waals surface area (Å²) in [5, 5.41) is 3.64. The predicted molar refractivity (Wildman–Crippen MR) is 142 cm³/mol. The van der Waals surface area contributed by atoms with E-state index in [4.69, 9.17) is 11.5 Å². The highest BCUT2D eigenvalue weighted by Gasteiger charge is 2.37. The number of nitrogen functional groups attached to an aromatic ring is 1. The van der Waals surface area contributed by atoms with Gasteiger partial charge in [0.25, 0.3) is 11.8 Å². The summed E-state index contributed by atoms with van der Waals surface area (Å²) in [5.41, 5.74) is 12.4. The Morgan fingerprint density at radius 3 is 2.59 bits per heavy atom. The third-order valence-corrected chi connectivity index (χ3v) is 6.76. The second-order valence-electron chi connectivity index (χ2n) is 8.96. The van der Waals surface area contributed by atoms with Crippen molar-refractivity contribution in [2.45, 2.75) is 26.3 Å². The van der Waals surface area contributed by atoms with Gasteiger partial charge in [0.05, 0.1) is 5.69 Å². The molecule has 4 aromatic rings. The van der Waals surface area contributed by atoms with Crippen molar-refractivity contribution in [2.24, 2.45) is 11.7 Å². The Bertz CT molecular complexity index is 1460. The number of rotatable bonds is 9. The summed E-state index contributed by atoms with van der Waals surface area (Å²) in [4.78, 5) is 43.8. The summed E-state index contributed by atoms with van der Waals surface area (Å²) in [6.45, 7) is 4.46. The molecule has 0 saturated heterocycles. The van der Waals surface area contributed by atoms with Crippen molar-refractivity contribution in [3.8, 4) is 0 Å². The van der Waals surface area contributed by atoms with Gasteiger partial charge in [0.2, 0.25) is 5.91 Å². The maximum Gasteiger partial charge on any atom is 0.273 e.